The molecule has 1 aromatic rings. The maximum atomic E-state index is 11.9. The molecule has 0 radical (unpaired) electrons. The summed E-state index contributed by atoms with van der Waals surface area (Å²) >= 11 is 1.25. The average molecular weight is 281 g/mol. The van der Waals surface area contributed by atoms with Crippen molar-refractivity contribution in [3.63, 3.8) is 0 Å². The highest BCUT2D eigenvalue weighted by atomic mass is 32.2. The van der Waals surface area contributed by atoms with Gasteiger partial charge in [-0.2, -0.15) is 0 Å². The lowest BCUT2D eigenvalue weighted by molar-refractivity contribution is -0.119. The molecule has 0 unspecified atom stereocenters. The van der Waals surface area contributed by atoms with Crippen LogP contribution in [-0.2, 0) is 4.79 Å². The summed E-state index contributed by atoms with van der Waals surface area (Å²) in [5.41, 5.74) is -0.196. The van der Waals surface area contributed by atoms with E-state index in [1.807, 2.05) is 0 Å². The quantitative estimate of drug-likeness (QED) is 0.649. The van der Waals surface area contributed by atoms with Crippen molar-refractivity contribution in [1.82, 2.24) is 15.3 Å². The van der Waals surface area contributed by atoms with E-state index in [1.54, 1.807) is 0 Å². The third kappa shape index (κ3) is 4.38. The minimum Gasteiger partial charge on any atom is -0.352 e. The van der Waals surface area contributed by atoms with Crippen molar-refractivity contribution in [2.24, 2.45) is 5.92 Å². The van der Waals surface area contributed by atoms with Gasteiger partial charge in [0.15, 0.2) is 5.16 Å². The second kappa shape index (κ2) is 6.75. The number of H-pyrrole nitrogens is 1. The van der Waals surface area contributed by atoms with E-state index in [-0.39, 0.29) is 17.2 Å². The molecule has 0 aromatic carbocycles. The molecule has 1 aliphatic carbocycles. The van der Waals surface area contributed by atoms with Crippen LogP contribution in [0.1, 0.15) is 32.6 Å². The summed E-state index contributed by atoms with van der Waals surface area (Å²) in [6.07, 6.45) is 6.15. The number of thioether (sulfide) groups is 1. The van der Waals surface area contributed by atoms with Crippen LogP contribution in [-0.4, -0.2) is 27.7 Å². The van der Waals surface area contributed by atoms with E-state index in [2.05, 4.69) is 22.2 Å². The van der Waals surface area contributed by atoms with Gasteiger partial charge in [-0.15, -0.1) is 0 Å². The molecule has 0 saturated heterocycles. The van der Waals surface area contributed by atoms with E-state index in [0.29, 0.717) is 17.1 Å². The number of hydrogen-bond acceptors (Lipinski definition) is 4. The van der Waals surface area contributed by atoms with Crippen LogP contribution in [0.15, 0.2) is 22.2 Å². The van der Waals surface area contributed by atoms with Crippen molar-refractivity contribution in [1.29, 1.82) is 0 Å². The lowest BCUT2D eigenvalue weighted by Crippen LogP contribution is -2.41. The van der Waals surface area contributed by atoms with Crippen LogP contribution in [0.5, 0.6) is 0 Å². The minimum absolute atomic E-state index is 0.00949. The first-order valence-electron chi connectivity index (χ1n) is 6.62. The van der Waals surface area contributed by atoms with Crippen molar-refractivity contribution in [3.8, 4) is 0 Å². The van der Waals surface area contributed by atoms with Gasteiger partial charge in [0, 0.05) is 18.3 Å². The van der Waals surface area contributed by atoms with E-state index in [9.17, 15) is 9.59 Å². The average Bonchev–Trinajstić information content (AvgIpc) is 2.39. The maximum Gasteiger partial charge on any atom is 0.251 e. The molecule has 2 atom stereocenters. The van der Waals surface area contributed by atoms with Gasteiger partial charge in [0.1, 0.15) is 0 Å². The Morgan fingerprint density at radius 3 is 3.05 bits per heavy atom. The molecule has 1 aliphatic rings. The molecule has 1 aromatic heterocycles. The largest absolute Gasteiger partial charge is 0.352 e. The molecular weight excluding hydrogens is 262 g/mol. The molecule has 1 saturated carbocycles. The summed E-state index contributed by atoms with van der Waals surface area (Å²) < 4.78 is 0. The molecule has 0 aliphatic heterocycles. The van der Waals surface area contributed by atoms with E-state index in [0.717, 1.165) is 6.42 Å². The number of nitrogens with zero attached hydrogens (tertiary/aromatic N) is 1. The SMILES string of the molecule is C[C@@H]1CCCC[C@@H]1NC(=O)CSc1nccc(=O)[nH]1. The molecule has 1 amide bonds. The standard InChI is InChI=1S/C13H19N3O2S/c1-9-4-2-3-5-10(9)15-12(18)8-19-13-14-7-6-11(17)16-13/h6-7,9-10H,2-5,8H2,1H3,(H,15,18)(H,14,16,17)/t9-,10+/m1/s1. The molecule has 2 rings (SSSR count). The highest BCUT2D eigenvalue weighted by Gasteiger charge is 2.22. The minimum atomic E-state index is -0.196. The number of amides is 1. The number of aromatic amines is 1. The van der Waals surface area contributed by atoms with Gasteiger partial charge in [0.25, 0.3) is 5.56 Å². The van der Waals surface area contributed by atoms with Crippen LogP contribution in [0.2, 0.25) is 0 Å². The normalized spacial score (nSPS) is 23.0. The van der Waals surface area contributed by atoms with E-state index in [4.69, 9.17) is 0 Å². The number of carbonyl (C=O) groups excluding carboxylic acids is 1. The molecule has 0 bridgehead atoms. The molecule has 104 valence electrons. The van der Waals surface area contributed by atoms with Crippen LogP contribution in [0.3, 0.4) is 0 Å². The number of hydrogen-bond donors (Lipinski definition) is 2. The molecular formula is C13H19N3O2S. The van der Waals surface area contributed by atoms with Gasteiger partial charge in [-0.1, -0.05) is 31.5 Å². The molecule has 6 heteroatoms. The lowest BCUT2D eigenvalue weighted by Gasteiger charge is -2.29. The fourth-order valence-corrected chi connectivity index (χ4v) is 3.00. The number of nitrogens with one attached hydrogen (secondary N) is 2. The van der Waals surface area contributed by atoms with Crippen LogP contribution in [0.4, 0.5) is 0 Å². The summed E-state index contributed by atoms with van der Waals surface area (Å²) in [5, 5.41) is 3.56. The molecule has 0 spiro atoms. The number of aromatic nitrogens is 2. The molecule has 1 fully saturated rings. The van der Waals surface area contributed by atoms with Gasteiger partial charge in [-0.05, 0) is 18.8 Å². The first kappa shape index (κ1) is 14.1. The Hall–Kier alpha value is -1.30. The van der Waals surface area contributed by atoms with Crippen molar-refractivity contribution >= 4 is 17.7 Å². The van der Waals surface area contributed by atoms with Crippen LogP contribution >= 0.6 is 11.8 Å². The summed E-state index contributed by atoms with van der Waals surface area (Å²) in [6.45, 7) is 2.19. The van der Waals surface area contributed by atoms with Gasteiger partial charge in [-0.25, -0.2) is 4.98 Å². The summed E-state index contributed by atoms with van der Waals surface area (Å²) in [6, 6.07) is 1.65. The van der Waals surface area contributed by atoms with Gasteiger partial charge in [-0.3, -0.25) is 9.59 Å². The maximum absolute atomic E-state index is 11.9. The Kier molecular flexibility index (Phi) is 5.01. The third-order valence-corrected chi connectivity index (χ3v) is 4.33. The van der Waals surface area contributed by atoms with E-state index < -0.39 is 0 Å². The Morgan fingerprint density at radius 2 is 2.32 bits per heavy atom. The predicted molar refractivity (Wildman–Crippen MR) is 75.1 cm³/mol. The lowest BCUT2D eigenvalue weighted by atomic mass is 9.86. The summed E-state index contributed by atoms with van der Waals surface area (Å²) in [5.74, 6) is 0.850. The second-order valence-corrected chi connectivity index (χ2v) is 5.93. The van der Waals surface area contributed by atoms with Crippen molar-refractivity contribution in [2.45, 2.75) is 43.8 Å². The second-order valence-electron chi connectivity index (χ2n) is 4.96. The Morgan fingerprint density at radius 1 is 1.53 bits per heavy atom. The van der Waals surface area contributed by atoms with E-state index in [1.165, 1.54) is 43.3 Å². The number of carbonyl (C=O) groups is 1. The smallest absolute Gasteiger partial charge is 0.251 e. The Balaban J connectivity index is 1.79. The zero-order valence-corrected chi connectivity index (χ0v) is 11.8. The summed E-state index contributed by atoms with van der Waals surface area (Å²) in [4.78, 5) is 29.5. The van der Waals surface area contributed by atoms with E-state index >= 15 is 0 Å². The fraction of sp³-hybridized carbons (Fsp3) is 0.615. The zero-order valence-electron chi connectivity index (χ0n) is 11.0. The van der Waals surface area contributed by atoms with Crippen molar-refractivity contribution < 1.29 is 4.79 Å². The van der Waals surface area contributed by atoms with Gasteiger partial charge < -0.3 is 10.3 Å². The van der Waals surface area contributed by atoms with Crippen LogP contribution in [0.25, 0.3) is 0 Å². The summed E-state index contributed by atoms with van der Waals surface area (Å²) in [7, 11) is 0. The Bertz CT molecular complexity index is 489. The van der Waals surface area contributed by atoms with Crippen molar-refractivity contribution in [3.05, 3.63) is 22.6 Å². The predicted octanol–water partition coefficient (Wildman–Crippen LogP) is 1.56. The monoisotopic (exact) mass is 281 g/mol. The Labute approximate surface area is 116 Å². The first-order valence-corrected chi connectivity index (χ1v) is 7.61. The molecule has 1 heterocycles. The molecule has 5 nitrogen and oxygen atoms in total. The molecule has 19 heavy (non-hydrogen) atoms. The van der Waals surface area contributed by atoms with Crippen molar-refractivity contribution in [2.75, 3.05) is 5.75 Å². The van der Waals surface area contributed by atoms with Crippen LogP contribution < -0.4 is 10.9 Å². The number of rotatable bonds is 4. The highest BCUT2D eigenvalue weighted by molar-refractivity contribution is 7.99. The van der Waals surface area contributed by atoms with Gasteiger partial charge in [0.2, 0.25) is 5.91 Å². The first-order chi connectivity index (χ1) is 9.15. The van der Waals surface area contributed by atoms with Gasteiger partial charge in [0.05, 0.1) is 5.75 Å². The zero-order chi connectivity index (χ0) is 13.7. The van der Waals surface area contributed by atoms with Gasteiger partial charge >= 0.3 is 0 Å². The van der Waals surface area contributed by atoms with Crippen LogP contribution in [0, 0.1) is 5.92 Å². The fourth-order valence-electron chi connectivity index (χ4n) is 2.34. The topological polar surface area (TPSA) is 74.8 Å². The highest BCUT2D eigenvalue weighted by Crippen LogP contribution is 2.23. The molecule has 2 N–H and O–H groups in total. The third-order valence-electron chi connectivity index (χ3n) is 3.45.